The van der Waals surface area contributed by atoms with Gasteiger partial charge in [-0.2, -0.15) is 0 Å². The van der Waals surface area contributed by atoms with Crippen molar-refractivity contribution in [3.63, 3.8) is 0 Å². The first-order chi connectivity index (χ1) is 10.8. The summed E-state index contributed by atoms with van der Waals surface area (Å²) in [6.07, 6.45) is 0. The lowest BCUT2D eigenvalue weighted by atomic mass is 9.78. The van der Waals surface area contributed by atoms with Gasteiger partial charge in [-0.3, -0.25) is 0 Å². The molecule has 0 radical (unpaired) electrons. The highest BCUT2D eigenvalue weighted by Gasteiger charge is 2.37. The third-order valence-electron chi connectivity index (χ3n) is 4.19. The summed E-state index contributed by atoms with van der Waals surface area (Å²) in [5.41, 5.74) is 4.08. The van der Waals surface area contributed by atoms with Gasteiger partial charge >= 0.3 is 0 Å². The van der Waals surface area contributed by atoms with E-state index in [1.807, 2.05) is 12.1 Å². The first-order valence-corrected chi connectivity index (χ1v) is 7.51. The molecule has 0 fully saturated rings. The fourth-order valence-corrected chi connectivity index (χ4v) is 3.14. The van der Waals surface area contributed by atoms with E-state index in [9.17, 15) is 0 Å². The van der Waals surface area contributed by atoms with E-state index in [1.165, 1.54) is 11.1 Å². The standard InChI is InChI=1S/C21H20O/c1-17-11-9-10-16-20(17)21(22-2,18-12-5-3-6-13-18)19-14-7-4-8-15-19/h3-16H,1-2H3. The largest absolute Gasteiger partial charge is 0.364 e. The van der Waals surface area contributed by atoms with Gasteiger partial charge in [0.1, 0.15) is 5.60 Å². The van der Waals surface area contributed by atoms with Crippen molar-refractivity contribution in [2.45, 2.75) is 12.5 Å². The number of benzene rings is 3. The second-order valence-corrected chi connectivity index (χ2v) is 5.43. The average Bonchev–Trinajstić information content (AvgIpc) is 2.59. The number of aryl methyl sites for hydroxylation is 1. The molecular weight excluding hydrogens is 268 g/mol. The Morgan fingerprint density at radius 2 is 1.09 bits per heavy atom. The first-order valence-electron chi connectivity index (χ1n) is 7.51. The van der Waals surface area contributed by atoms with Crippen molar-refractivity contribution in [1.82, 2.24) is 0 Å². The molecule has 0 aliphatic carbocycles. The van der Waals surface area contributed by atoms with Crippen LogP contribution < -0.4 is 0 Å². The highest BCUT2D eigenvalue weighted by Crippen LogP contribution is 2.41. The van der Waals surface area contributed by atoms with Crippen LogP contribution in [0.5, 0.6) is 0 Å². The van der Waals surface area contributed by atoms with Crippen LogP contribution in [0, 0.1) is 6.92 Å². The Morgan fingerprint density at radius 1 is 0.636 bits per heavy atom. The van der Waals surface area contributed by atoms with Gasteiger partial charge in [0.15, 0.2) is 0 Å². The molecule has 3 rings (SSSR count). The number of hydrogen-bond donors (Lipinski definition) is 0. The molecule has 0 saturated carbocycles. The number of ether oxygens (including phenoxy) is 1. The predicted molar refractivity (Wildman–Crippen MR) is 91.0 cm³/mol. The van der Waals surface area contributed by atoms with E-state index in [0.717, 1.165) is 11.1 Å². The summed E-state index contributed by atoms with van der Waals surface area (Å²) in [7, 11) is 1.78. The van der Waals surface area contributed by atoms with Crippen LogP contribution in [0.4, 0.5) is 0 Å². The molecule has 1 nitrogen and oxygen atoms in total. The maximum absolute atomic E-state index is 6.18. The smallest absolute Gasteiger partial charge is 0.143 e. The van der Waals surface area contributed by atoms with Crippen molar-refractivity contribution in [2.75, 3.05) is 7.11 Å². The van der Waals surface area contributed by atoms with Gasteiger partial charge in [-0.1, -0.05) is 84.9 Å². The van der Waals surface area contributed by atoms with Gasteiger partial charge in [-0.05, 0) is 29.2 Å². The summed E-state index contributed by atoms with van der Waals surface area (Å²) >= 11 is 0. The van der Waals surface area contributed by atoms with Gasteiger partial charge in [0.2, 0.25) is 0 Å². The van der Waals surface area contributed by atoms with Crippen LogP contribution in [-0.4, -0.2) is 7.11 Å². The molecule has 0 N–H and O–H groups in total. The number of hydrogen-bond acceptors (Lipinski definition) is 1. The maximum atomic E-state index is 6.18. The first kappa shape index (κ1) is 14.6. The normalized spacial score (nSPS) is 11.4. The Balaban J connectivity index is 2.34. The molecule has 0 aliphatic heterocycles. The van der Waals surface area contributed by atoms with Crippen molar-refractivity contribution >= 4 is 0 Å². The third kappa shape index (κ3) is 2.34. The average molecular weight is 288 g/mol. The van der Waals surface area contributed by atoms with Gasteiger partial charge in [-0.15, -0.1) is 0 Å². The van der Waals surface area contributed by atoms with Gasteiger partial charge in [0.05, 0.1) is 0 Å². The van der Waals surface area contributed by atoms with Crippen LogP contribution in [-0.2, 0) is 10.3 Å². The molecule has 0 spiro atoms. The Morgan fingerprint density at radius 3 is 1.55 bits per heavy atom. The topological polar surface area (TPSA) is 9.23 Å². The van der Waals surface area contributed by atoms with Crippen LogP contribution >= 0.6 is 0 Å². The minimum atomic E-state index is -0.589. The Hall–Kier alpha value is -2.38. The summed E-state index contributed by atoms with van der Waals surface area (Å²) < 4.78 is 6.18. The number of rotatable bonds is 4. The highest BCUT2D eigenvalue weighted by atomic mass is 16.5. The lowest BCUT2D eigenvalue weighted by Crippen LogP contribution is -2.32. The van der Waals surface area contributed by atoms with Crippen LogP contribution in [0.15, 0.2) is 84.9 Å². The van der Waals surface area contributed by atoms with Gasteiger partial charge < -0.3 is 4.74 Å². The molecule has 0 bridgehead atoms. The third-order valence-corrected chi connectivity index (χ3v) is 4.19. The monoisotopic (exact) mass is 288 g/mol. The molecule has 0 aliphatic rings. The van der Waals surface area contributed by atoms with Crippen molar-refractivity contribution in [2.24, 2.45) is 0 Å². The molecule has 22 heavy (non-hydrogen) atoms. The summed E-state index contributed by atoms with van der Waals surface area (Å²) in [6.45, 7) is 2.13. The lowest BCUT2D eigenvalue weighted by Gasteiger charge is -2.35. The van der Waals surface area contributed by atoms with Crippen LogP contribution in [0.3, 0.4) is 0 Å². The van der Waals surface area contributed by atoms with E-state index in [-0.39, 0.29) is 0 Å². The number of methoxy groups -OCH3 is 1. The molecule has 0 aromatic heterocycles. The van der Waals surface area contributed by atoms with E-state index in [2.05, 4.69) is 79.7 Å². The zero-order chi connectivity index (χ0) is 15.4. The zero-order valence-electron chi connectivity index (χ0n) is 13.0. The van der Waals surface area contributed by atoms with E-state index >= 15 is 0 Å². The van der Waals surface area contributed by atoms with E-state index in [1.54, 1.807) is 7.11 Å². The Kier molecular flexibility index (Phi) is 4.08. The molecule has 0 amide bonds. The molecular formula is C21H20O. The molecule has 0 unspecified atom stereocenters. The molecule has 110 valence electrons. The van der Waals surface area contributed by atoms with Gasteiger partial charge in [-0.25, -0.2) is 0 Å². The molecule has 0 heterocycles. The highest BCUT2D eigenvalue weighted by molar-refractivity contribution is 5.50. The second kappa shape index (κ2) is 6.17. The lowest BCUT2D eigenvalue weighted by molar-refractivity contribution is 0.0580. The molecule has 3 aromatic carbocycles. The molecule has 1 heteroatoms. The molecule has 0 atom stereocenters. The van der Waals surface area contributed by atoms with Gasteiger partial charge in [0.25, 0.3) is 0 Å². The van der Waals surface area contributed by atoms with E-state index < -0.39 is 5.60 Å². The van der Waals surface area contributed by atoms with E-state index in [0.29, 0.717) is 0 Å². The fraction of sp³-hybridized carbons (Fsp3) is 0.143. The molecule has 3 aromatic rings. The van der Waals surface area contributed by atoms with Crippen LogP contribution in [0.2, 0.25) is 0 Å². The summed E-state index contributed by atoms with van der Waals surface area (Å²) in [4.78, 5) is 0. The Bertz CT molecular complexity index is 693. The zero-order valence-corrected chi connectivity index (χ0v) is 13.0. The minimum absolute atomic E-state index is 0.589. The van der Waals surface area contributed by atoms with Crippen molar-refractivity contribution in [3.05, 3.63) is 107 Å². The summed E-state index contributed by atoms with van der Waals surface area (Å²) in [5, 5.41) is 0. The predicted octanol–water partition coefficient (Wildman–Crippen LogP) is 4.93. The fourth-order valence-electron chi connectivity index (χ4n) is 3.14. The van der Waals surface area contributed by atoms with Crippen molar-refractivity contribution in [1.29, 1.82) is 0 Å². The van der Waals surface area contributed by atoms with Gasteiger partial charge in [0, 0.05) is 7.11 Å². The molecule has 0 saturated heterocycles. The quantitative estimate of drug-likeness (QED) is 0.618. The minimum Gasteiger partial charge on any atom is -0.364 e. The van der Waals surface area contributed by atoms with Crippen molar-refractivity contribution in [3.8, 4) is 0 Å². The van der Waals surface area contributed by atoms with Crippen LogP contribution in [0.1, 0.15) is 22.3 Å². The summed E-state index contributed by atoms with van der Waals surface area (Å²) in [5.74, 6) is 0. The van der Waals surface area contributed by atoms with Crippen LogP contribution in [0.25, 0.3) is 0 Å². The second-order valence-electron chi connectivity index (χ2n) is 5.43. The SMILES string of the molecule is COC(c1ccccc1)(c1ccccc1)c1ccccc1C. The maximum Gasteiger partial charge on any atom is 0.143 e. The van der Waals surface area contributed by atoms with E-state index in [4.69, 9.17) is 4.74 Å². The Labute approximate surface area is 132 Å². The summed E-state index contributed by atoms with van der Waals surface area (Å²) in [6, 6.07) is 29.2. The van der Waals surface area contributed by atoms with Crippen molar-refractivity contribution < 1.29 is 4.74 Å².